The van der Waals surface area contributed by atoms with Gasteiger partial charge < -0.3 is 10.2 Å². The van der Waals surface area contributed by atoms with Crippen molar-refractivity contribution in [1.29, 1.82) is 0 Å². The van der Waals surface area contributed by atoms with Gasteiger partial charge in [0.05, 0.1) is 0 Å². The topological polar surface area (TPSA) is 57.5 Å². The second kappa shape index (κ2) is 5.47. The largest absolute Gasteiger partial charge is 0.479 e. The van der Waals surface area contributed by atoms with E-state index in [1.54, 1.807) is 6.92 Å². The van der Waals surface area contributed by atoms with E-state index >= 15 is 0 Å². The quantitative estimate of drug-likeness (QED) is 0.896. The summed E-state index contributed by atoms with van der Waals surface area (Å²) in [7, 11) is 0. The second-order valence-electron chi connectivity index (χ2n) is 5.16. The zero-order valence-corrected chi connectivity index (χ0v) is 11.6. The molecule has 0 bridgehead atoms. The van der Waals surface area contributed by atoms with Crippen molar-refractivity contribution in [3.8, 4) is 11.1 Å². The average molecular weight is 270 g/mol. The van der Waals surface area contributed by atoms with Gasteiger partial charge in [-0.15, -0.1) is 0 Å². The Morgan fingerprint density at radius 3 is 2.00 bits per heavy atom. The van der Waals surface area contributed by atoms with Crippen LogP contribution in [0.15, 0.2) is 54.6 Å². The molecule has 2 rings (SSSR count). The average Bonchev–Trinajstić information content (AvgIpc) is 2.47. The summed E-state index contributed by atoms with van der Waals surface area (Å²) in [6.45, 7) is 3.04. The Balaban J connectivity index is 2.27. The summed E-state index contributed by atoms with van der Waals surface area (Å²) >= 11 is 0. The normalized spacial score (nSPS) is 15.3. The number of benzene rings is 2. The molecule has 3 heteroatoms. The number of hydrogen-bond acceptors (Lipinski definition) is 2. The maximum absolute atomic E-state index is 11.1. The Hall–Kier alpha value is -2.13. The first-order chi connectivity index (χ1) is 9.43. The lowest BCUT2D eigenvalue weighted by atomic mass is 9.84. The molecular weight excluding hydrogens is 252 g/mol. The van der Waals surface area contributed by atoms with Crippen molar-refractivity contribution < 1.29 is 15.0 Å². The summed E-state index contributed by atoms with van der Waals surface area (Å²) in [6.07, 6.45) is 0. The van der Waals surface area contributed by atoms with Crippen molar-refractivity contribution in [2.75, 3.05) is 0 Å². The maximum atomic E-state index is 11.1. The molecule has 0 radical (unpaired) electrons. The molecule has 0 heterocycles. The molecule has 0 aromatic heterocycles. The predicted octanol–water partition coefficient (Wildman–Crippen LogP) is 3.29. The van der Waals surface area contributed by atoms with Crippen molar-refractivity contribution in [3.63, 3.8) is 0 Å². The van der Waals surface area contributed by atoms with Crippen LogP contribution < -0.4 is 0 Å². The SMILES string of the molecule is CC(c1ccc(-c2ccccc2)cc1)C(C)(O)C(=O)O. The van der Waals surface area contributed by atoms with Gasteiger partial charge in [0, 0.05) is 5.92 Å². The Morgan fingerprint density at radius 1 is 1.00 bits per heavy atom. The molecule has 2 aromatic carbocycles. The minimum absolute atomic E-state index is 0.482. The summed E-state index contributed by atoms with van der Waals surface area (Å²) in [5, 5.41) is 19.1. The number of carboxylic acids is 1. The number of hydrogen-bond donors (Lipinski definition) is 2. The minimum Gasteiger partial charge on any atom is -0.479 e. The first-order valence-electron chi connectivity index (χ1n) is 6.54. The zero-order valence-electron chi connectivity index (χ0n) is 11.6. The van der Waals surface area contributed by atoms with Crippen molar-refractivity contribution in [2.24, 2.45) is 0 Å². The third-order valence-electron chi connectivity index (χ3n) is 3.79. The Bertz CT molecular complexity index is 585. The lowest BCUT2D eigenvalue weighted by molar-refractivity contribution is -0.158. The van der Waals surface area contributed by atoms with Crippen molar-refractivity contribution in [1.82, 2.24) is 0 Å². The van der Waals surface area contributed by atoms with Crippen LogP contribution in [-0.4, -0.2) is 21.8 Å². The number of rotatable bonds is 4. The highest BCUT2D eigenvalue weighted by Crippen LogP contribution is 2.29. The van der Waals surface area contributed by atoms with Gasteiger partial charge in [0.2, 0.25) is 0 Å². The lowest BCUT2D eigenvalue weighted by Gasteiger charge is -2.26. The van der Waals surface area contributed by atoms with Gasteiger partial charge in [-0.3, -0.25) is 0 Å². The van der Waals surface area contributed by atoms with Gasteiger partial charge in [0.1, 0.15) is 0 Å². The van der Waals surface area contributed by atoms with Crippen LogP contribution in [0.25, 0.3) is 11.1 Å². The van der Waals surface area contributed by atoms with Crippen LogP contribution in [0.4, 0.5) is 0 Å². The molecule has 0 amide bonds. The molecule has 0 aliphatic carbocycles. The van der Waals surface area contributed by atoms with E-state index in [-0.39, 0.29) is 0 Å². The standard InChI is InChI=1S/C17H18O3/c1-12(17(2,20)16(18)19)13-8-10-15(11-9-13)14-6-4-3-5-7-14/h3-12,20H,1-2H3,(H,18,19). The van der Waals surface area contributed by atoms with Gasteiger partial charge in [0.25, 0.3) is 0 Å². The van der Waals surface area contributed by atoms with Crippen LogP contribution >= 0.6 is 0 Å². The van der Waals surface area contributed by atoms with Crippen LogP contribution in [0.1, 0.15) is 25.3 Å². The van der Waals surface area contributed by atoms with E-state index in [9.17, 15) is 9.90 Å². The van der Waals surface area contributed by atoms with Gasteiger partial charge in [-0.05, 0) is 23.6 Å². The molecule has 2 N–H and O–H groups in total. The molecule has 0 saturated carbocycles. The molecule has 3 nitrogen and oxygen atoms in total. The van der Waals surface area contributed by atoms with Crippen LogP contribution in [0.2, 0.25) is 0 Å². The Labute approximate surface area is 118 Å². The summed E-state index contributed by atoms with van der Waals surface area (Å²) < 4.78 is 0. The fraction of sp³-hybridized carbons (Fsp3) is 0.235. The Kier molecular flexibility index (Phi) is 3.91. The van der Waals surface area contributed by atoms with Gasteiger partial charge in [-0.25, -0.2) is 4.79 Å². The van der Waals surface area contributed by atoms with Gasteiger partial charge in [-0.2, -0.15) is 0 Å². The maximum Gasteiger partial charge on any atom is 0.336 e. The van der Waals surface area contributed by atoms with Crippen molar-refractivity contribution >= 4 is 5.97 Å². The molecule has 20 heavy (non-hydrogen) atoms. The summed E-state index contributed by atoms with van der Waals surface area (Å²) in [6, 6.07) is 17.6. The predicted molar refractivity (Wildman–Crippen MR) is 78.6 cm³/mol. The highest BCUT2D eigenvalue weighted by Gasteiger charge is 2.37. The zero-order chi connectivity index (χ0) is 14.8. The molecule has 0 spiro atoms. The molecule has 2 aromatic rings. The van der Waals surface area contributed by atoms with E-state index in [0.717, 1.165) is 16.7 Å². The van der Waals surface area contributed by atoms with Crippen LogP contribution in [0.3, 0.4) is 0 Å². The molecular formula is C17H18O3. The van der Waals surface area contributed by atoms with Gasteiger partial charge in [0.15, 0.2) is 5.60 Å². The van der Waals surface area contributed by atoms with Crippen LogP contribution in [0.5, 0.6) is 0 Å². The third-order valence-corrected chi connectivity index (χ3v) is 3.79. The highest BCUT2D eigenvalue weighted by atomic mass is 16.4. The first-order valence-corrected chi connectivity index (χ1v) is 6.54. The Morgan fingerprint density at radius 2 is 1.50 bits per heavy atom. The minimum atomic E-state index is -1.77. The molecule has 0 aliphatic rings. The highest BCUT2D eigenvalue weighted by molar-refractivity contribution is 5.78. The molecule has 0 aliphatic heterocycles. The molecule has 0 fully saturated rings. The van der Waals surface area contributed by atoms with E-state index in [1.165, 1.54) is 6.92 Å². The summed E-state index contributed by atoms with van der Waals surface area (Å²) in [4.78, 5) is 11.1. The van der Waals surface area contributed by atoms with E-state index in [2.05, 4.69) is 0 Å². The molecule has 104 valence electrons. The van der Waals surface area contributed by atoms with E-state index in [1.807, 2.05) is 54.6 Å². The fourth-order valence-corrected chi connectivity index (χ4v) is 2.10. The number of aliphatic carboxylic acids is 1. The molecule has 0 saturated heterocycles. The summed E-state index contributed by atoms with van der Waals surface area (Å²) in [5.41, 5.74) is 1.21. The van der Waals surface area contributed by atoms with Crippen molar-refractivity contribution in [2.45, 2.75) is 25.4 Å². The van der Waals surface area contributed by atoms with E-state index < -0.39 is 17.5 Å². The lowest BCUT2D eigenvalue weighted by Crippen LogP contribution is -2.40. The second-order valence-corrected chi connectivity index (χ2v) is 5.16. The van der Waals surface area contributed by atoms with E-state index in [4.69, 9.17) is 5.11 Å². The monoisotopic (exact) mass is 270 g/mol. The smallest absolute Gasteiger partial charge is 0.336 e. The molecule has 2 atom stereocenters. The number of carboxylic acid groups (broad SMARTS) is 1. The molecule has 2 unspecified atom stereocenters. The van der Waals surface area contributed by atoms with E-state index in [0.29, 0.717) is 0 Å². The van der Waals surface area contributed by atoms with Crippen molar-refractivity contribution in [3.05, 3.63) is 60.2 Å². The fourth-order valence-electron chi connectivity index (χ4n) is 2.10. The van der Waals surface area contributed by atoms with Gasteiger partial charge in [-0.1, -0.05) is 61.5 Å². The number of aliphatic hydroxyl groups is 1. The number of carbonyl (C=O) groups is 1. The van der Waals surface area contributed by atoms with Crippen LogP contribution in [-0.2, 0) is 4.79 Å². The van der Waals surface area contributed by atoms with Crippen LogP contribution in [0, 0.1) is 0 Å². The van der Waals surface area contributed by atoms with Gasteiger partial charge >= 0.3 is 5.97 Å². The summed E-state index contributed by atoms with van der Waals surface area (Å²) in [5.74, 6) is -1.69. The third kappa shape index (κ3) is 2.73. The first kappa shape index (κ1) is 14.3.